The van der Waals surface area contributed by atoms with Crippen LogP contribution in [0.2, 0.25) is 0 Å². The number of unbranched alkanes of at least 4 members (excludes halogenated alkanes) is 1. The Morgan fingerprint density at radius 3 is 1.46 bits per heavy atom. The van der Waals surface area contributed by atoms with Gasteiger partial charge in [-0.05, 0) is 88.0 Å². The normalized spacial score (nSPS) is 12.9. The highest BCUT2D eigenvalue weighted by atomic mass is 32.2. The van der Waals surface area contributed by atoms with Gasteiger partial charge in [0.15, 0.2) is 9.84 Å². The van der Waals surface area contributed by atoms with Gasteiger partial charge in [-0.2, -0.15) is 13.2 Å². The van der Waals surface area contributed by atoms with Gasteiger partial charge in [0, 0.05) is 22.0 Å². The molecule has 2 aromatic heterocycles. The summed E-state index contributed by atoms with van der Waals surface area (Å²) < 4.78 is 65.1. The summed E-state index contributed by atoms with van der Waals surface area (Å²) in [7, 11) is -3.36. The molecule has 14 heteroatoms. The molecule has 0 saturated heterocycles. The standard InChI is InChI=1S/C31H28F3N3O.C24H33N3O3S/c1-29(2,20-11-7-5-8-12-20)23-17-24(30(3,4)21-13-9-6-10-14-21)28(38)27(19-23)37-35-25-16-15-22(31(32,33)34)18-26(25)36-37;1-8-9-12-31(29,30)17-10-11-19-20(15-17)26-27(25-19)21-14-16(23(2,3)4)13-18(22(21)28)24(5,6)7/h5-19,38H,1-4H3;10-11,13-15,28H,8-9,12H2,1-7H3. The van der Waals surface area contributed by atoms with Gasteiger partial charge >= 0.3 is 6.18 Å². The molecule has 0 spiro atoms. The van der Waals surface area contributed by atoms with Crippen molar-refractivity contribution in [3.63, 3.8) is 0 Å². The fourth-order valence-electron chi connectivity index (χ4n) is 8.26. The summed E-state index contributed by atoms with van der Waals surface area (Å²) in [6.45, 7) is 22.7. The van der Waals surface area contributed by atoms with E-state index in [4.69, 9.17) is 0 Å². The Bertz CT molecular complexity index is 3260. The Labute approximate surface area is 402 Å². The maximum absolute atomic E-state index is 13.3. The average Bonchev–Trinajstić information content (AvgIpc) is 3.92. The molecular weight excluding hydrogens is 898 g/mol. The van der Waals surface area contributed by atoms with Crippen LogP contribution in [0.4, 0.5) is 13.2 Å². The van der Waals surface area contributed by atoms with E-state index in [0.717, 1.165) is 46.4 Å². The summed E-state index contributed by atoms with van der Waals surface area (Å²) in [5.41, 5.74) is 5.53. The maximum atomic E-state index is 13.3. The minimum atomic E-state index is -4.49. The van der Waals surface area contributed by atoms with E-state index in [1.165, 1.54) is 15.7 Å². The number of hydrogen-bond donors (Lipinski definition) is 2. The van der Waals surface area contributed by atoms with Gasteiger partial charge < -0.3 is 10.2 Å². The average molecular weight is 959 g/mol. The largest absolute Gasteiger partial charge is 0.505 e. The number of nitrogens with zero attached hydrogens (tertiary/aromatic N) is 6. The second-order valence-corrected chi connectivity index (χ2v) is 22.9. The van der Waals surface area contributed by atoms with Gasteiger partial charge in [-0.1, -0.05) is 155 Å². The maximum Gasteiger partial charge on any atom is 0.416 e. The van der Waals surface area contributed by atoms with Crippen LogP contribution < -0.4 is 0 Å². The molecule has 69 heavy (non-hydrogen) atoms. The lowest BCUT2D eigenvalue weighted by Gasteiger charge is -2.32. The molecule has 0 atom stereocenters. The molecular formula is C55H61F3N6O4S. The second-order valence-electron chi connectivity index (χ2n) is 20.8. The molecule has 2 heterocycles. The lowest BCUT2D eigenvalue weighted by atomic mass is 9.72. The molecule has 0 saturated carbocycles. The molecule has 0 aliphatic rings. The molecule has 10 nitrogen and oxygen atoms in total. The number of rotatable bonds is 10. The highest BCUT2D eigenvalue weighted by molar-refractivity contribution is 7.91. The van der Waals surface area contributed by atoms with Gasteiger partial charge in [0.2, 0.25) is 0 Å². The fourth-order valence-corrected chi connectivity index (χ4v) is 9.73. The first kappa shape index (κ1) is 50.3. The Morgan fingerprint density at radius 2 is 0.957 bits per heavy atom. The first-order valence-corrected chi connectivity index (χ1v) is 24.7. The zero-order valence-electron chi connectivity index (χ0n) is 41.1. The van der Waals surface area contributed by atoms with E-state index < -0.39 is 32.4 Å². The Kier molecular flexibility index (Phi) is 13.4. The third-order valence-electron chi connectivity index (χ3n) is 12.9. The van der Waals surface area contributed by atoms with E-state index in [0.29, 0.717) is 39.9 Å². The lowest BCUT2D eigenvalue weighted by Crippen LogP contribution is -2.24. The monoisotopic (exact) mass is 958 g/mol. The van der Waals surface area contributed by atoms with Crippen LogP contribution in [0.15, 0.2) is 126 Å². The summed E-state index contributed by atoms with van der Waals surface area (Å²) >= 11 is 0. The van der Waals surface area contributed by atoms with Crippen LogP contribution in [-0.2, 0) is 37.7 Å². The minimum Gasteiger partial charge on any atom is -0.505 e. The second kappa shape index (κ2) is 18.4. The first-order chi connectivity index (χ1) is 32.1. The number of alkyl halides is 3. The SMILES string of the molecule is CC(C)(c1ccccc1)c1cc(-n2nc3ccc(C(F)(F)F)cc3n2)c(O)c(C(C)(C)c2ccccc2)c1.CCCCS(=O)(=O)c1ccc2nn(-c3cc(C(C)(C)C)cc(C(C)(C)C)c3O)nc2c1. The molecule has 0 radical (unpaired) electrons. The van der Waals surface area contributed by atoms with Gasteiger partial charge in [0.1, 0.15) is 44.9 Å². The van der Waals surface area contributed by atoms with Crippen LogP contribution in [0.3, 0.4) is 0 Å². The summed E-state index contributed by atoms with van der Waals surface area (Å²) in [6.07, 6.45) is -3.06. The Morgan fingerprint density at radius 1 is 0.493 bits per heavy atom. The van der Waals surface area contributed by atoms with Crippen LogP contribution in [-0.4, -0.2) is 54.4 Å². The quantitative estimate of drug-likeness (QED) is 0.138. The number of halogens is 3. The van der Waals surface area contributed by atoms with Crippen LogP contribution in [0, 0.1) is 0 Å². The number of fused-ring (bicyclic) bond motifs is 2. The van der Waals surface area contributed by atoms with Crippen molar-refractivity contribution in [2.75, 3.05) is 5.75 Å². The number of aromatic hydroxyl groups is 2. The molecule has 0 fully saturated rings. The van der Waals surface area contributed by atoms with Crippen molar-refractivity contribution in [1.29, 1.82) is 0 Å². The van der Waals surface area contributed by atoms with Crippen LogP contribution in [0.25, 0.3) is 33.4 Å². The van der Waals surface area contributed by atoms with Crippen molar-refractivity contribution in [2.24, 2.45) is 0 Å². The van der Waals surface area contributed by atoms with Crippen LogP contribution in [0.1, 0.15) is 128 Å². The minimum absolute atomic E-state index is 0.0252. The van der Waals surface area contributed by atoms with Crippen molar-refractivity contribution in [2.45, 2.75) is 122 Å². The molecule has 0 unspecified atom stereocenters. The summed E-state index contributed by atoms with van der Waals surface area (Å²) in [5.74, 6) is 0.228. The fraction of sp³-hybridized carbons (Fsp3) is 0.345. The summed E-state index contributed by atoms with van der Waals surface area (Å²) in [6, 6.07) is 35.7. The lowest BCUT2D eigenvalue weighted by molar-refractivity contribution is -0.137. The molecule has 362 valence electrons. The van der Waals surface area contributed by atoms with E-state index in [1.807, 2.05) is 106 Å². The highest BCUT2D eigenvalue weighted by Crippen LogP contribution is 2.44. The number of aromatic nitrogens is 6. The molecule has 0 aliphatic heterocycles. The molecule has 0 aliphatic carbocycles. The first-order valence-electron chi connectivity index (χ1n) is 23.0. The number of phenolic OH excluding ortho intramolecular Hbond substituents is 2. The molecule has 2 N–H and O–H groups in total. The molecule has 0 amide bonds. The van der Waals surface area contributed by atoms with Crippen molar-refractivity contribution < 1.29 is 31.8 Å². The van der Waals surface area contributed by atoms with Crippen LogP contribution in [0.5, 0.6) is 11.5 Å². The van der Waals surface area contributed by atoms with Gasteiger partial charge in [-0.25, -0.2) is 8.42 Å². The zero-order chi connectivity index (χ0) is 50.5. The van der Waals surface area contributed by atoms with E-state index in [-0.39, 0.29) is 38.5 Å². The van der Waals surface area contributed by atoms with Crippen molar-refractivity contribution in [3.05, 3.63) is 160 Å². The predicted octanol–water partition coefficient (Wildman–Crippen LogP) is 13.1. The number of sulfone groups is 1. The van der Waals surface area contributed by atoms with E-state index in [9.17, 15) is 31.8 Å². The smallest absolute Gasteiger partial charge is 0.416 e. The van der Waals surface area contributed by atoms with E-state index in [2.05, 4.69) is 75.8 Å². The van der Waals surface area contributed by atoms with Gasteiger partial charge in [-0.15, -0.1) is 30.0 Å². The third-order valence-corrected chi connectivity index (χ3v) is 14.7. The van der Waals surface area contributed by atoms with Crippen molar-refractivity contribution in [1.82, 2.24) is 30.0 Å². The predicted molar refractivity (Wildman–Crippen MR) is 268 cm³/mol. The molecule has 8 aromatic rings. The zero-order valence-corrected chi connectivity index (χ0v) is 41.9. The Hall–Kier alpha value is -6.54. The van der Waals surface area contributed by atoms with Gasteiger partial charge in [0.05, 0.1) is 16.2 Å². The molecule has 0 bridgehead atoms. The number of phenols is 2. The topological polar surface area (TPSA) is 136 Å². The molecule has 6 aromatic carbocycles. The number of hydrogen-bond acceptors (Lipinski definition) is 8. The Balaban J connectivity index is 0.000000208. The van der Waals surface area contributed by atoms with Crippen molar-refractivity contribution in [3.8, 4) is 22.9 Å². The number of benzene rings is 6. The van der Waals surface area contributed by atoms with Crippen molar-refractivity contribution >= 4 is 31.9 Å². The molecule has 8 rings (SSSR count). The highest BCUT2D eigenvalue weighted by Gasteiger charge is 2.34. The summed E-state index contributed by atoms with van der Waals surface area (Å²) in [4.78, 5) is 2.89. The van der Waals surface area contributed by atoms with Gasteiger partial charge in [0.25, 0.3) is 0 Å². The van der Waals surface area contributed by atoms with Gasteiger partial charge in [-0.3, -0.25) is 0 Å². The van der Waals surface area contributed by atoms with E-state index in [1.54, 1.807) is 18.2 Å². The third kappa shape index (κ3) is 10.4. The van der Waals surface area contributed by atoms with E-state index >= 15 is 0 Å². The van der Waals surface area contributed by atoms with Crippen LogP contribution >= 0.6 is 0 Å². The summed E-state index contributed by atoms with van der Waals surface area (Å²) in [5, 5.41) is 40.5.